The van der Waals surface area contributed by atoms with Crippen LogP contribution in [0.5, 0.6) is 0 Å². The summed E-state index contributed by atoms with van der Waals surface area (Å²) in [6, 6.07) is 16.4. The van der Waals surface area contributed by atoms with Crippen LogP contribution >= 0.6 is 11.8 Å². The summed E-state index contributed by atoms with van der Waals surface area (Å²) in [7, 11) is 0. The molecule has 164 valence electrons. The van der Waals surface area contributed by atoms with Gasteiger partial charge in [-0.15, -0.1) is 10.2 Å². The Labute approximate surface area is 190 Å². The summed E-state index contributed by atoms with van der Waals surface area (Å²) in [5.74, 6) is 2.51. The minimum Gasteiger partial charge on any atom is -0.378 e. The normalized spacial score (nSPS) is 14.1. The average molecular weight is 449 g/mol. The minimum atomic E-state index is 0.526. The first kappa shape index (κ1) is 20.7. The van der Waals surface area contributed by atoms with Gasteiger partial charge in [-0.05, 0) is 43.7 Å². The summed E-state index contributed by atoms with van der Waals surface area (Å²) in [5, 5.41) is 14.0. The zero-order valence-corrected chi connectivity index (χ0v) is 18.9. The number of hydrogen-bond acceptors (Lipinski definition) is 8. The molecule has 0 radical (unpaired) electrons. The molecule has 4 aromatic rings. The highest BCUT2D eigenvalue weighted by Crippen LogP contribution is 2.29. The smallest absolute Gasteiger partial charge is 0.257 e. The molecule has 2 aromatic heterocycles. The predicted molar refractivity (Wildman–Crippen MR) is 123 cm³/mol. The zero-order chi connectivity index (χ0) is 21.9. The fourth-order valence-electron chi connectivity index (χ4n) is 3.65. The van der Waals surface area contributed by atoms with Gasteiger partial charge in [0.25, 0.3) is 5.89 Å². The van der Waals surface area contributed by atoms with E-state index < -0.39 is 0 Å². The van der Waals surface area contributed by atoms with Crippen molar-refractivity contribution in [2.45, 2.75) is 24.8 Å². The summed E-state index contributed by atoms with van der Waals surface area (Å²) < 4.78 is 13.1. The van der Waals surface area contributed by atoms with Gasteiger partial charge in [-0.25, -0.2) is 0 Å². The molecule has 0 spiro atoms. The van der Waals surface area contributed by atoms with Crippen LogP contribution in [0.25, 0.3) is 17.1 Å². The van der Waals surface area contributed by atoms with E-state index in [9.17, 15) is 0 Å². The van der Waals surface area contributed by atoms with Gasteiger partial charge >= 0.3 is 0 Å². The number of aromatic nitrogens is 5. The number of morpholine rings is 1. The molecule has 32 heavy (non-hydrogen) atoms. The molecule has 0 unspecified atom stereocenters. The van der Waals surface area contributed by atoms with Crippen LogP contribution in [0.15, 0.2) is 58.2 Å². The van der Waals surface area contributed by atoms with E-state index >= 15 is 0 Å². The van der Waals surface area contributed by atoms with Crippen molar-refractivity contribution in [1.29, 1.82) is 0 Å². The molecular formula is C23H24N6O2S. The lowest BCUT2D eigenvalue weighted by Crippen LogP contribution is -2.37. The molecule has 0 N–H and O–H groups in total. The second kappa shape index (κ2) is 9.13. The summed E-state index contributed by atoms with van der Waals surface area (Å²) in [5.41, 5.74) is 4.29. The molecule has 5 rings (SSSR count). The van der Waals surface area contributed by atoms with E-state index in [1.54, 1.807) is 11.8 Å². The van der Waals surface area contributed by atoms with Crippen molar-refractivity contribution in [3.8, 4) is 17.1 Å². The molecule has 1 saturated heterocycles. The summed E-state index contributed by atoms with van der Waals surface area (Å²) in [4.78, 5) is 6.78. The van der Waals surface area contributed by atoms with Crippen molar-refractivity contribution in [3.63, 3.8) is 0 Å². The molecular weight excluding hydrogens is 424 g/mol. The SMILES string of the molecule is Cc1cccc(-c2nc(CSc3nnc(N4CCOCC4)n3-c3cccc(C)c3)no2)c1. The Hall–Kier alpha value is -3.17. The first-order valence-electron chi connectivity index (χ1n) is 10.5. The molecule has 0 atom stereocenters. The van der Waals surface area contributed by atoms with Crippen LogP contribution in [-0.2, 0) is 10.5 Å². The number of anilines is 1. The van der Waals surface area contributed by atoms with E-state index in [1.807, 2.05) is 31.2 Å². The van der Waals surface area contributed by atoms with E-state index in [2.05, 4.69) is 61.0 Å². The van der Waals surface area contributed by atoms with Crippen molar-refractivity contribution in [3.05, 3.63) is 65.5 Å². The molecule has 1 aliphatic rings. The predicted octanol–water partition coefficient (Wildman–Crippen LogP) is 4.06. The van der Waals surface area contributed by atoms with Gasteiger partial charge in [0.1, 0.15) is 0 Å². The molecule has 9 heteroatoms. The summed E-state index contributed by atoms with van der Waals surface area (Å²) in [6.07, 6.45) is 0. The lowest BCUT2D eigenvalue weighted by atomic mass is 10.1. The third-order valence-electron chi connectivity index (χ3n) is 5.23. The highest BCUT2D eigenvalue weighted by Gasteiger charge is 2.22. The van der Waals surface area contributed by atoms with Crippen LogP contribution < -0.4 is 4.90 Å². The quantitative estimate of drug-likeness (QED) is 0.409. The third-order valence-corrected chi connectivity index (χ3v) is 6.16. The van der Waals surface area contributed by atoms with Gasteiger partial charge in [0.15, 0.2) is 11.0 Å². The number of benzene rings is 2. The Morgan fingerprint density at radius 3 is 2.53 bits per heavy atom. The van der Waals surface area contributed by atoms with Crippen molar-refractivity contribution in [1.82, 2.24) is 24.9 Å². The van der Waals surface area contributed by atoms with E-state index in [0.29, 0.717) is 30.7 Å². The maximum absolute atomic E-state index is 5.51. The third kappa shape index (κ3) is 4.39. The van der Waals surface area contributed by atoms with E-state index in [-0.39, 0.29) is 0 Å². The zero-order valence-electron chi connectivity index (χ0n) is 18.1. The van der Waals surface area contributed by atoms with Gasteiger partial charge < -0.3 is 14.2 Å². The second-order valence-corrected chi connectivity index (χ2v) is 8.67. The van der Waals surface area contributed by atoms with Gasteiger partial charge in [-0.3, -0.25) is 4.57 Å². The molecule has 1 aliphatic heterocycles. The highest BCUT2D eigenvalue weighted by atomic mass is 32.2. The maximum Gasteiger partial charge on any atom is 0.257 e. The Bertz CT molecular complexity index is 1210. The van der Waals surface area contributed by atoms with Gasteiger partial charge in [0, 0.05) is 18.7 Å². The highest BCUT2D eigenvalue weighted by molar-refractivity contribution is 7.98. The van der Waals surface area contributed by atoms with Crippen molar-refractivity contribution >= 4 is 17.7 Å². The van der Waals surface area contributed by atoms with E-state index in [0.717, 1.165) is 41.0 Å². The first-order chi connectivity index (χ1) is 15.7. The number of nitrogens with zero attached hydrogens (tertiary/aromatic N) is 6. The lowest BCUT2D eigenvalue weighted by molar-refractivity contribution is 0.122. The van der Waals surface area contributed by atoms with E-state index in [4.69, 9.17) is 9.26 Å². The topological polar surface area (TPSA) is 82.1 Å². The van der Waals surface area contributed by atoms with Crippen molar-refractivity contribution in [2.24, 2.45) is 0 Å². The molecule has 2 aromatic carbocycles. The van der Waals surface area contributed by atoms with Gasteiger partial charge in [-0.1, -0.05) is 46.7 Å². The Balaban J connectivity index is 1.41. The molecule has 1 fully saturated rings. The van der Waals surface area contributed by atoms with Gasteiger partial charge in [0.2, 0.25) is 5.95 Å². The maximum atomic E-state index is 5.51. The van der Waals surface area contributed by atoms with Gasteiger partial charge in [-0.2, -0.15) is 4.98 Å². The van der Waals surface area contributed by atoms with Crippen LogP contribution in [-0.4, -0.2) is 51.2 Å². The van der Waals surface area contributed by atoms with Crippen LogP contribution in [0.2, 0.25) is 0 Å². The summed E-state index contributed by atoms with van der Waals surface area (Å²) >= 11 is 1.54. The number of ether oxygens (including phenoxy) is 1. The fraction of sp³-hybridized carbons (Fsp3) is 0.304. The fourth-order valence-corrected chi connectivity index (χ4v) is 4.44. The molecule has 0 amide bonds. The number of hydrogen-bond donors (Lipinski definition) is 0. The van der Waals surface area contributed by atoms with Crippen LogP contribution in [0.3, 0.4) is 0 Å². The first-order valence-corrected chi connectivity index (χ1v) is 11.5. The van der Waals surface area contributed by atoms with Crippen LogP contribution in [0.1, 0.15) is 17.0 Å². The number of thioether (sulfide) groups is 1. The number of rotatable bonds is 6. The minimum absolute atomic E-state index is 0.526. The molecule has 0 saturated carbocycles. The second-order valence-electron chi connectivity index (χ2n) is 7.73. The van der Waals surface area contributed by atoms with Crippen LogP contribution in [0.4, 0.5) is 5.95 Å². The Kier molecular flexibility index (Phi) is 5.91. The molecule has 3 heterocycles. The number of aryl methyl sites for hydroxylation is 2. The van der Waals surface area contributed by atoms with Crippen molar-refractivity contribution < 1.29 is 9.26 Å². The Morgan fingerprint density at radius 1 is 0.969 bits per heavy atom. The monoisotopic (exact) mass is 448 g/mol. The van der Waals surface area contributed by atoms with E-state index in [1.165, 1.54) is 5.56 Å². The largest absolute Gasteiger partial charge is 0.378 e. The molecule has 0 aliphatic carbocycles. The summed E-state index contributed by atoms with van der Waals surface area (Å²) in [6.45, 7) is 7.09. The lowest BCUT2D eigenvalue weighted by Gasteiger charge is -2.28. The van der Waals surface area contributed by atoms with Crippen LogP contribution in [0, 0.1) is 13.8 Å². The Morgan fingerprint density at radius 2 is 1.75 bits per heavy atom. The van der Waals surface area contributed by atoms with Gasteiger partial charge in [0.05, 0.1) is 24.7 Å². The molecule has 8 nitrogen and oxygen atoms in total. The average Bonchev–Trinajstić information content (AvgIpc) is 3.46. The van der Waals surface area contributed by atoms with Crippen molar-refractivity contribution in [2.75, 3.05) is 31.2 Å². The molecule has 0 bridgehead atoms. The standard InChI is InChI=1S/C23H24N6O2S/c1-16-5-3-7-18(13-16)21-24-20(27-31-21)15-32-23-26-25-22(28-9-11-30-12-10-28)29(23)19-8-4-6-17(2)14-19/h3-8,13-14H,9-12,15H2,1-2H3.